The highest BCUT2D eigenvalue weighted by Gasteiger charge is 2.31. The van der Waals surface area contributed by atoms with E-state index in [1.807, 2.05) is 13.8 Å². The molecule has 1 aromatic rings. The Balaban J connectivity index is 0.00000104. The molecule has 8 nitrogen and oxygen atoms in total. The van der Waals surface area contributed by atoms with Crippen LogP contribution >= 0.6 is 0 Å². The summed E-state index contributed by atoms with van der Waals surface area (Å²) in [4.78, 5) is 24.1. The van der Waals surface area contributed by atoms with Crippen LogP contribution in [0.4, 0.5) is 0 Å². The van der Waals surface area contributed by atoms with E-state index < -0.39 is 33.7 Å². The summed E-state index contributed by atoms with van der Waals surface area (Å²) in [5.74, 6) is -1.74. The van der Waals surface area contributed by atoms with Crippen molar-refractivity contribution >= 4 is 22.1 Å². The second-order valence-electron chi connectivity index (χ2n) is 16.2. The van der Waals surface area contributed by atoms with E-state index in [0.29, 0.717) is 0 Å². The fourth-order valence-electron chi connectivity index (χ4n) is 6.70. The largest absolute Gasteiger partial charge is 0.747 e. The summed E-state index contributed by atoms with van der Waals surface area (Å²) in [5.41, 5.74) is 1.46. The van der Waals surface area contributed by atoms with Gasteiger partial charge >= 0.3 is 11.9 Å². The van der Waals surface area contributed by atoms with E-state index in [1.54, 1.807) is 0 Å². The monoisotopic (exact) mass is 782 g/mol. The van der Waals surface area contributed by atoms with Crippen molar-refractivity contribution in [1.82, 2.24) is 0 Å². The molecular formula is C45H83NO7S. The van der Waals surface area contributed by atoms with Crippen LogP contribution in [-0.4, -0.2) is 68.5 Å². The molecule has 54 heavy (non-hydrogen) atoms. The van der Waals surface area contributed by atoms with E-state index in [0.717, 1.165) is 62.4 Å². The van der Waals surface area contributed by atoms with Gasteiger partial charge in [0.25, 0.3) is 0 Å². The van der Waals surface area contributed by atoms with Crippen molar-refractivity contribution in [2.45, 2.75) is 194 Å². The number of unbranched alkanes of at least 4 members (excludes halogenated alkanes) is 15. The zero-order valence-electron chi connectivity index (χ0n) is 35.9. The average molecular weight is 782 g/mol. The normalized spacial score (nSPS) is 13.4. The molecule has 0 bridgehead atoms. The van der Waals surface area contributed by atoms with Crippen LogP contribution in [0.1, 0.15) is 188 Å². The highest BCUT2D eigenvalue weighted by molar-refractivity contribution is 7.87. The first-order chi connectivity index (χ1) is 25.8. The van der Waals surface area contributed by atoms with Crippen molar-refractivity contribution in [3.63, 3.8) is 0 Å². The minimum absolute atomic E-state index is 0.0470. The molecule has 9 heteroatoms. The molecule has 0 N–H and O–H groups in total. The maximum atomic E-state index is 12.1. The summed E-state index contributed by atoms with van der Waals surface area (Å²) in [7, 11) is -0.274. The fourth-order valence-corrected chi connectivity index (χ4v) is 7.35. The Kier molecular flexibility index (Phi) is 32.0. The highest BCUT2D eigenvalue weighted by Crippen LogP contribution is 2.18. The van der Waals surface area contributed by atoms with Crippen LogP contribution < -0.4 is 0 Å². The summed E-state index contributed by atoms with van der Waals surface area (Å²) >= 11 is 0. The third-order valence-electron chi connectivity index (χ3n) is 10.6. The first-order valence-corrected chi connectivity index (χ1v) is 23.4. The molecule has 1 aromatic carbocycles. The number of rotatable bonds is 33. The Bertz CT molecular complexity index is 1140. The van der Waals surface area contributed by atoms with Gasteiger partial charge in [-0.3, -0.25) is 9.59 Å². The number of carbonyl (C=O) groups excluding carboxylic acids is 2. The van der Waals surface area contributed by atoms with Crippen LogP contribution in [0, 0.1) is 11.8 Å². The quantitative estimate of drug-likeness (QED) is 0.0302. The summed E-state index contributed by atoms with van der Waals surface area (Å²) < 4.78 is 45.7. The van der Waals surface area contributed by atoms with Crippen molar-refractivity contribution in [2.24, 2.45) is 11.8 Å². The highest BCUT2D eigenvalue weighted by atomic mass is 32.2. The van der Waals surface area contributed by atoms with Crippen molar-refractivity contribution in [3.05, 3.63) is 35.9 Å². The van der Waals surface area contributed by atoms with Gasteiger partial charge in [-0.2, -0.15) is 0 Å². The predicted molar refractivity (Wildman–Crippen MR) is 224 cm³/mol. The molecule has 0 saturated heterocycles. The number of carbonyl (C=O) groups is 2. The number of ether oxygens (including phenoxy) is 2. The van der Waals surface area contributed by atoms with E-state index >= 15 is 0 Å². The second kappa shape index (κ2) is 33.2. The van der Waals surface area contributed by atoms with Gasteiger partial charge < -0.3 is 18.5 Å². The molecule has 0 aliphatic carbocycles. The van der Waals surface area contributed by atoms with Crippen LogP contribution in [0.5, 0.6) is 0 Å². The van der Waals surface area contributed by atoms with Crippen LogP contribution in [0.25, 0.3) is 0 Å². The molecule has 1 rings (SSSR count). The minimum atomic E-state index is -5.01. The minimum Gasteiger partial charge on any atom is -0.747 e. The molecular weight excluding hydrogens is 699 g/mol. The van der Waals surface area contributed by atoms with Gasteiger partial charge in [0.15, 0.2) is 5.25 Å². The predicted octanol–water partition coefficient (Wildman–Crippen LogP) is 11.6. The van der Waals surface area contributed by atoms with E-state index in [4.69, 9.17) is 9.47 Å². The van der Waals surface area contributed by atoms with Gasteiger partial charge in [-0.15, -0.1) is 0 Å². The van der Waals surface area contributed by atoms with E-state index in [9.17, 15) is 22.6 Å². The Morgan fingerprint density at radius 2 is 1.06 bits per heavy atom. The molecule has 3 unspecified atom stereocenters. The molecule has 0 spiro atoms. The molecule has 0 heterocycles. The van der Waals surface area contributed by atoms with Crippen molar-refractivity contribution in [3.8, 4) is 0 Å². The third kappa shape index (κ3) is 29.3. The summed E-state index contributed by atoms with van der Waals surface area (Å²) in [6.07, 6.45) is 26.8. The number of hydrogen-bond donors (Lipinski definition) is 0. The summed E-state index contributed by atoms with van der Waals surface area (Å²) in [6, 6.07) is 10.9. The zero-order chi connectivity index (χ0) is 40.5. The van der Waals surface area contributed by atoms with Gasteiger partial charge in [-0.1, -0.05) is 181 Å². The van der Waals surface area contributed by atoms with Crippen LogP contribution in [-0.2, 0) is 35.7 Å². The van der Waals surface area contributed by atoms with Gasteiger partial charge in [0.1, 0.15) is 16.7 Å². The van der Waals surface area contributed by atoms with Crippen molar-refractivity contribution in [1.29, 1.82) is 0 Å². The molecule has 316 valence electrons. The second-order valence-corrected chi connectivity index (χ2v) is 17.8. The standard InChI is InChI=1S/C25H46N.C20H38O7S/c1-4-5-6-7-8-9-10-11-12-13-14-15-16-20-23-26(2,3)24-25-21-18-17-19-22-25;1-5-9-11-16(7-3)14-26-19(21)13-18(28(23,24)25)20(22)27-15-17(8-4)12-10-6-2/h17-19,21-22H,4-16,20,23-24H2,1-3H3;16-18H,5-15H2,1-4H3,(H,23,24,25)/q+1;/p-1. The Hall–Kier alpha value is -1.97. The third-order valence-corrected chi connectivity index (χ3v) is 11.6. The Morgan fingerprint density at radius 3 is 1.48 bits per heavy atom. The van der Waals surface area contributed by atoms with Crippen molar-refractivity contribution in [2.75, 3.05) is 33.9 Å². The van der Waals surface area contributed by atoms with E-state index in [2.05, 4.69) is 65.2 Å². The lowest BCUT2D eigenvalue weighted by molar-refractivity contribution is -0.903. The van der Waals surface area contributed by atoms with Gasteiger partial charge in [-0.05, 0) is 37.5 Å². The van der Waals surface area contributed by atoms with Gasteiger partial charge in [0.2, 0.25) is 0 Å². The maximum absolute atomic E-state index is 12.1. The molecule has 0 amide bonds. The Labute approximate surface area is 333 Å². The molecule has 3 atom stereocenters. The fraction of sp³-hybridized carbons (Fsp3) is 0.822. The number of benzene rings is 1. The van der Waals surface area contributed by atoms with Crippen LogP contribution in [0.2, 0.25) is 0 Å². The van der Waals surface area contributed by atoms with Crippen LogP contribution in [0.15, 0.2) is 30.3 Å². The number of hydrogen-bond acceptors (Lipinski definition) is 7. The summed E-state index contributed by atoms with van der Waals surface area (Å²) in [5, 5.41) is -2.06. The Morgan fingerprint density at radius 1 is 0.630 bits per heavy atom. The maximum Gasteiger partial charge on any atom is 0.323 e. The topological polar surface area (TPSA) is 110 Å². The van der Waals surface area contributed by atoms with Gasteiger partial charge in [-0.25, -0.2) is 8.42 Å². The number of nitrogens with zero attached hydrogens (tertiary/aromatic N) is 1. The number of quaternary nitrogens is 1. The SMILES string of the molecule is CCCCC(CC)COC(=O)CC(C(=O)OCC(CC)CCCC)S(=O)(=O)[O-].CCCCCCCCCCCCCCCC[N+](C)(C)Cc1ccccc1. The van der Waals surface area contributed by atoms with Crippen LogP contribution in [0.3, 0.4) is 0 Å². The molecule has 0 saturated carbocycles. The molecule has 0 radical (unpaired) electrons. The average Bonchev–Trinajstić information content (AvgIpc) is 3.14. The molecule has 0 aliphatic heterocycles. The molecule has 0 aromatic heterocycles. The molecule has 0 fully saturated rings. The smallest absolute Gasteiger partial charge is 0.323 e. The summed E-state index contributed by atoms with van der Waals surface area (Å²) in [6.45, 7) is 13.0. The first-order valence-electron chi connectivity index (χ1n) is 22.0. The lowest BCUT2D eigenvalue weighted by atomic mass is 10.0. The number of esters is 2. The van der Waals surface area contributed by atoms with E-state index in [1.165, 1.54) is 102 Å². The van der Waals surface area contributed by atoms with Gasteiger partial charge in [0, 0.05) is 5.56 Å². The first kappa shape index (κ1) is 52.0. The lowest BCUT2D eigenvalue weighted by Gasteiger charge is -2.30. The van der Waals surface area contributed by atoms with E-state index in [-0.39, 0.29) is 25.0 Å². The van der Waals surface area contributed by atoms with Crippen molar-refractivity contribution < 1.29 is 36.5 Å². The lowest BCUT2D eigenvalue weighted by Crippen LogP contribution is -2.39. The zero-order valence-corrected chi connectivity index (χ0v) is 36.7. The van der Waals surface area contributed by atoms with Gasteiger partial charge in [0.05, 0.1) is 40.3 Å². The molecule has 0 aliphatic rings.